The number of likely N-dealkylation sites (tertiary alicyclic amines) is 1. The molecule has 0 aromatic carbocycles. The van der Waals surface area contributed by atoms with Crippen LogP contribution >= 0.6 is 11.3 Å². The lowest BCUT2D eigenvalue weighted by atomic mass is 10.2. The first-order valence-corrected chi connectivity index (χ1v) is 6.07. The summed E-state index contributed by atoms with van der Waals surface area (Å²) in [6.45, 7) is 1.37. The Labute approximate surface area is 92.6 Å². The maximum absolute atomic E-state index is 11.9. The third-order valence-corrected chi connectivity index (χ3v) is 3.22. The summed E-state index contributed by atoms with van der Waals surface area (Å²) >= 11 is 1.43. The third kappa shape index (κ3) is 2.54. The van der Waals surface area contributed by atoms with Crippen molar-refractivity contribution in [1.29, 1.82) is 0 Å². The molecule has 1 atom stereocenters. The first kappa shape index (κ1) is 10.6. The molecule has 1 aromatic rings. The van der Waals surface area contributed by atoms with Crippen LogP contribution in [0.5, 0.6) is 0 Å². The van der Waals surface area contributed by atoms with Crippen molar-refractivity contribution in [2.45, 2.75) is 25.4 Å². The van der Waals surface area contributed by atoms with Crippen molar-refractivity contribution in [3.8, 4) is 0 Å². The SMILES string of the molecule is O=C(c1cscn1)N1CCCC(O)CC1. The molecule has 1 aliphatic rings. The van der Waals surface area contributed by atoms with Crippen molar-refractivity contribution < 1.29 is 9.90 Å². The van der Waals surface area contributed by atoms with E-state index in [1.165, 1.54) is 11.3 Å². The molecule has 82 valence electrons. The Kier molecular flexibility index (Phi) is 3.33. The lowest BCUT2D eigenvalue weighted by Crippen LogP contribution is -2.32. The number of hydrogen-bond donors (Lipinski definition) is 1. The zero-order chi connectivity index (χ0) is 10.7. The van der Waals surface area contributed by atoms with E-state index in [2.05, 4.69) is 4.98 Å². The second-order valence-electron chi connectivity index (χ2n) is 3.75. The molecular weight excluding hydrogens is 212 g/mol. The summed E-state index contributed by atoms with van der Waals surface area (Å²) in [6, 6.07) is 0. The van der Waals surface area contributed by atoms with Gasteiger partial charge in [-0.15, -0.1) is 11.3 Å². The van der Waals surface area contributed by atoms with Gasteiger partial charge in [0.05, 0.1) is 11.6 Å². The molecule has 2 heterocycles. The summed E-state index contributed by atoms with van der Waals surface area (Å²) in [6.07, 6.45) is 2.09. The van der Waals surface area contributed by atoms with Gasteiger partial charge >= 0.3 is 0 Å². The molecule has 1 unspecified atom stereocenters. The van der Waals surface area contributed by atoms with Crippen molar-refractivity contribution >= 4 is 17.2 Å². The molecule has 1 N–H and O–H groups in total. The Morgan fingerprint density at radius 1 is 1.53 bits per heavy atom. The zero-order valence-electron chi connectivity index (χ0n) is 8.43. The second kappa shape index (κ2) is 4.72. The lowest BCUT2D eigenvalue weighted by molar-refractivity contribution is 0.0748. The number of amides is 1. The monoisotopic (exact) mass is 226 g/mol. The number of thiazole rings is 1. The fourth-order valence-corrected chi connectivity index (χ4v) is 2.29. The molecule has 2 rings (SSSR count). The normalized spacial score (nSPS) is 22.5. The van der Waals surface area contributed by atoms with Gasteiger partial charge in [-0.05, 0) is 19.3 Å². The van der Waals surface area contributed by atoms with Gasteiger partial charge in [-0.2, -0.15) is 0 Å². The van der Waals surface area contributed by atoms with E-state index in [9.17, 15) is 9.90 Å². The van der Waals surface area contributed by atoms with Gasteiger partial charge in [0.2, 0.25) is 0 Å². The maximum Gasteiger partial charge on any atom is 0.273 e. The van der Waals surface area contributed by atoms with E-state index in [-0.39, 0.29) is 12.0 Å². The van der Waals surface area contributed by atoms with Crippen LogP contribution in [0.15, 0.2) is 10.9 Å². The smallest absolute Gasteiger partial charge is 0.273 e. The quantitative estimate of drug-likeness (QED) is 0.781. The van der Waals surface area contributed by atoms with E-state index in [4.69, 9.17) is 0 Å². The highest BCUT2D eigenvalue weighted by Gasteiger charge is 2.21. The van der Waals surface area contributed by atoms with Gasteiger partial charge in [-0.3, -0.25) is 4.79 Å². The van der Waals surface area contributed by atoms with Gasteiger partial charge in [0, 0.05) is 18.5 Å². The Morgan fingerprint density at radius 3 is 3.13 bits per heavy atom. The van der Waals surface area contributed by atoms with E-state index < -0.39 is 0 Å². The number of nitrogens with zero attached hydrogens (tertiary/aromatic N) is 2. The number of aliphatic hydroxyl groups is 1. The number of carbonyl (C=O) groups excluding carboxylic acids is 1. The second-order valence-corrected chi connectivity index (χ2v) is 4.47. The number of aromatic nitrogens is 1. The fourth-order valence-electron chi connectivity index (χ4n) is 1.76. The molecule has 0 radical (unpaired) electrons. The standard InChI is InChI=1S/C10H14N2O2S/c13-8-2-1-4-12(5-3-8)10(14)9-6-15-7-11-9/h6-8,13H,1-5H2. The average molecular weight is 226 g/mol. The first-order chi connectivity index (χ1) is 7.27. The molecule has 5 heteroatoms. The average Bonchev–Trinajstić information content (AvgIpc) is 2.67. The number of carbonyl (C=O) groups is 1. The number of rotatable bonds is 1. The number of aliphatic hydroxyl groups excluding tert-OH is 1. The summed E-state index contributed by atoms with van der Waals surface area (Å²) in [5.41, 5.74) is 2.19. The molecule has 1 fully saturated rings. The third-order valence-electron chi connectivity index (χ3n) is 2.64. The lowest BCUT2D eigenvalue weighted by Gasteiger charge is -2.18. The molecule has 4 nitrogen and oxygen atoms in total. The Hall–Kier alpha value is -0.940. The van der Waals surface area contributed by atoms with Crippen LogP contribution in [0.1, 0.15) is 29.8 Å². The van der Waals surface area contributed by atoms with Gasteiger partial charge < -0.3 is 10.0 Å². The van der Waals surface area contributed by atoms with Crippen molar-refractivity contribution in [2.24, 2.45) is 0 Å². The molecule has 0 spiro atoms. The highest BCUT2D eigenvalue weighted by Crippen LogP contribution is 2.13. The van der Waals surface area contributed by atoms with Crippen LogP contribution in [0.4, 0.5) is 0 Å². The minimum absolute atomic E-state index is 0.00894. The summed E-state index contributed by atoms with van der Waals surface area (Å²) in [7, 11) is 0. The van der Waals surface area contributed by atoms with E-state index in [0.29, 0.717) is 18.7 Å². The van der Waals surface area contributed by atoms with Crippen LogP contribution in [0.3, 0.4) is 0 Å². The molecule has 1 aromatic heterocycles. The summed E-state index contributed by atoms with van der Waals surface area (Å²) in [5.74, 6) is -0.00894. The number of hydrogen-bond acceptors (Lipinski definition) is 4. The summed E-state index contributed by atoms with van der Waals surface area (Å²) in [4.78, 5) is 17.7. The van der Waals surface area contributed by atoms with Crippen LogP contribution in [-0.4, -0.2) is 40.1 Å². The topological polar surface area (TPSA) is 53.4 Å². The minimum atomic E-state index is -0.252. The van der Waals surface area contributed by atoms with Gasteiger partial charge in [0.15, 0.2) is 0 Å². The molecule has 1 aliphatic heterocycles. The van der Waals surface area contributed by atoms with Crippen LogP contribution in [0.2, 0.25) is 0 Å². The van der Waals surface area contributed by atoms with E-state index in [1.54, 1.807) is 15.8 Å². The van der Waals surface area contributed by atoms with Crippen molar-refractivity contribution in [2.75, 3.05) is 13.1 Å². The first-order valence-electron chi connectivity index (χ1n) is 5.13. The molecule has 1 amide bonds. The van der Waals surface area contributed by atoms with Gasteiger partial charge in [0.1, 0.15) is 5.69 Å². The molecule has 1 saturated heterocycles. The van der Waals surface area contributed by atoms with Crippen LogP contribution in [0, 0.1) is 0 Å². The molecule has 0 bridgehead atoms. The largest absolute Gasteiger partial charge is 0.393 e. The minimum Gasteiger partial charge on any atom is -0.393 e. The van der Waals surface area contributed by atoms with Gasteiger partial charge in [-0.25, -0.2) is 4.98 Å². The molecular formula is C10H14N2O2S. The Bertz CT molecular complexity index is 326. The zero-order valence-corrected chi connectivity index (χ0v) is 9.24. The molecule has 0 saturated carbocycles. The van der Waals surface area contributed by atoms with E-state index in [0.717, 1.165) is 19.4 Å². The van der Waals surface area contributed by atoms with Crippen molar-refractivity contribution in [3.63, 3.8) is 0 Å². The van der Waals surface area contributed by atoms with Crippen LogP contribution < -0.4 is 0 Å². The highest BCUT2D eigenvalue weighted by molar-refractivity contribution is 7.07. The fraction of sp³-hybridized carbons (Fsp3) is 0.600. The van der Waals surface area contributed by atoms with Gasteiger partial charge in [0.25, 0.3) is 5.91 Å². The van der Waals surface area contributed by atoms with E-state index >= 15 is 0 Å². The summed E-state index contributed by atoms with van der Waals surface area (Å²) in [5, 5.41) is 11.2. The molecule has 0 aliphatic carbocycles. The Balaban J connectivity index is 2.01. The summed E-state index contributed by atoms with van der Waals surface area (Å²) < 4.78 is 0. The van der Waals surface area contributed by atoms with Crippen LogP contribution in [0.25, 0.3) is 0 Å². The Morgan fingerprint density at radius 2 is 2.40 bits per heavy atom. The highest BCUT2D eigenvalue weighted by atomic mass is 32.1. The maximum atomic E-state index is 11.9. The van der Waals surface area contributed by atoms with Crippen molar-refractivity contribution in [1.82, 2.24) is 9.88 Å². The van der Waals surface area contributed by atoms with Gasteiger partial charge in [-0.1, -0.05) is 0 Å². The predicted molar refractivity (Wildman–Crippen MR) is 57.9 cm³/mol. The molecule has 15 heavy (non-hydrogen) atoms. The van der Waals surface area contributed by atoms with E-state index in [1.807, 2.05) is 0 Å². The predicted octanol–water partition coefficient (Wildman–Crippen LogP) is 1.13. The van der Waals surface area contributed by atoms with Crippen molar-refractivity contribution in [3.05, 3.63) is 16.6 Å². The van der Waals surface area contributed by atoms with Crippen LogP contribution in [-0.2, 0) is 0 Å².